The minimum Gasteiger partial charge on any atom is -0.508 e. The molecule has 2 saturated carbocycles. The standard InChI is InChI=1S/C39H45F2N5O3/c1-3-28-31(40)8-5-24-16-27(47)17-29(33(24)28)32-23(2)15-30-35(34(32)41)43-37(44-36(30)45-18-25-6-7-26(19-45)42-25)49-21-38(11-12-38)20-46-13-14-48-22-39(46)9-4-10-39/h5,8,15-17,25-26,42,47H,3-4,6-7,9-14,18-22H2,1-2H3. The molecule has 2 atom stereocenters. The van der Waals surface area contributed by atoms with Gasteiger partial charge in [0.05, 0.1) is 19.8 Å². The van der Waals surface area contributed by atoms with E-state index in [-0.39, 0.29) is 34.0 Å². The number of benzene rings is 3. The number of hydrogen-bond donors (Lipinski definition) is 2. The molecule has 3 aromatic carbocycles. The Hall–Kier alpha value is -3.60. The summed E-state index contributed by atoms with van der Waals surface area (Å²) in [5.74, 6) is -0.165. The summed E-state index contributed by atoms with van der Waals surface area (Å²) in [6, 6.07) is 9.07. The maximum Gasteiger partial charge on any atom is 0.319 e. The number of rotatable bonds is 8. The Morgan fingerprint density at radius 1 is 1.06 bits per heavy atom. The van der Waals surface area contributed by atoms with Crippen LogP contribution in [0.25, 0.3) is 32.8 Å². The zero-order valence-corrected chi connectivity index (χ0v) is 28.5. The highest BCUT2D eigenvalue weighted by atomic mass is 19.1. The van der Waals surface area contributed by atoms with E-state index in [1.165, 1.54) is 25.3 Å². The van der Waals surface area contributed by atoms with Gasteiger partial charge in [0.25, 0.3) is 0 Å². The van der Waals surface area contributed by atoms with Gasteiger partial charge >= 0.3 is 6.01 Å². The molecule has 2 aliphatic carbocycles. The number of nitrogens with zero attached hydrogens (tertiary/aromatic N) is 4. The number of nitrogens with one attached hydrogen (secondary N) is 1. The van der Waals surface area contributed by atoms with Gasteiger partial charge in [-0.25, -0.2) is 8.78 Å². The van der Waals surface area contributed by atoms with Crippen molar-refractivity contribution in [3.63, 3.8) is 0 Å². The van der Waals surface area contributed by atoms with E-state index in [2.05, 4.69) is 15.1 Å². The third kappa shape index (κ3) is 5.33. The van der Waals surface area contributed by atoms with Crippen LogP contribution in [0.15, 0.2) is 30.3 Å². The zero-order valence-electron chi connectivity index (χ0n) is 28.5. The number of fused-ring (bicyclic) bond motifs is 4. The van der Waals surface area contributed by atoms with Crippen LogP contribution in [0.5, 0.6) is 11.8 Å². The van der Waals surface area contributed by atoms with Crippen molar-refractivity contribution in [1.29, 1.82) is 0 Å². The van der Waals surface area contributed by atoms with E-state index in [1.807, 2.05) is 19.9 Å². The molecule has 2 N–H and O–H groups in total. The lowest BCUT2D eigenvalue weighted by Crippen LogP contribution is -2.62. The monoisotopic (exact) mass is 669 g/mol. The Labute approximate surface area is 285 Å². The molecule has 0 amide bonds. The lowest BCUT2D eigenvalue weighted by molar-refractivity contribution is -0.115. The van der Waals surface area contributed by atoms with Crippen molar-refractivity contribution in [1.82, 2.24) is 20.2 Å². The van der Waals surface area contributed by atoms with Gasteiger partial charge in [-0.15, -0.1) is 0 Å². The fraction of sp³-hybridized carbons (Fsp3) is 0.538. The molecule has 8 nitrogen and oxygen atoms in total. The molecule has 5 fully saturated rings. The summed E-state index contributed by atoms with van der Waals surface area (Å²) < 4.78 is 44.8. The number of morpholine rings is 1. The van der Waals surface area contributed by atoms with E-state index < -0.39 is 5.82 Å². The van der Waals surface area contributed by atoms with Crippen molar-refractivity contribution in [2.24, 2.45) is 5.41 Å². The van der Waals surface area contributed by atoms with Gasteiger partial charge in [-0.3, -0.25) is 4.90 Å². The molecular formula is C39H45F2N5O3. The van der Waals surface area contributed by atoms with Gasteiger partial charge in [-0.05, 0) is 110 Å². The predicted molar refractivity (Wildman–Crippen MR) is 186 cm³/mol. The molecule has 1 spiro atoms. The third-order valence-corrected chi connectivity index (χ3v) is 12.2. The van der Waals surface area contributed by atoms with Gasteiger partial charge in [0.2, 0.25) is 0 Å². The first kappa shape index (κ1) is 31.4. The molecule has 9 rings (SSSR count). The molecule has 1 aromatic heterocycles. The van der Waals surface area contributed by atoms with Crippen LogP contribution >= 0.6 is 0 Å². The van der Waals surface area contributed by atoms with E-state index >= 15 is 8.78 Å². The first-order valence-corrected chi connectivity index (χ1v) is 18.2. The summed E-state index contributed by atoms with van der Waals surface area (Å²) in [7, 11) is 0. The number of phenols is 1. The number of aromatic nitrogens is 2. The van der Waals surface area contributed by atoms with Crippen LogP contribution in [0.4, 0.5) is 14.6 Å². The molecule has 5 aliphatic rings. The highest BCUT2D eigenvalue weighted by molar-refractivity contribution is 6.04. The Kier molecular flexibility index (Phi) is 7.52. The Morgan fingerprint density at radius 3 is 2.57 bits per heavy atom. The highest BCUT2D eigenvalue weighted by Crippen LogP contribution is 2.50. The molecule has 3 saturated heterocycles. The van der Waals surface area contributed by atoms with Crippen LogP contribution in [-0.2, 0) is 11.2 Å². The van der Waals surface area contributed by atoms with Crippen LogP contribution in [0.3, 0.4) is 0 Å². The number of halogens is 2. The molecule has 49 heavy (non-hydrogen) atoms. The van der Waals surface area contributed by atoms with Crippen molar-refractivity contribution >= 4 is 27.5 Å². The minimum absolute atomic E-state index is 0.00238. The van der Waals surface area contributed by atoms with E-state index in [0.717, 1.165) is 65.1 Å². The lowest BCUT2D eigenvalue weighted by Gasteiger charge is -2.53. The second-order valence-corrected chi connectivity index (χ2v) is 15.5. The number of anilines is 1. The molecule has 258 valence electrons. The third-order valence-electron chi connectivity index (χ3n) is 12.2. The minimum atomic E-state index is -0.513. The second-order valence-electron chi connectivity index (χ2n) is 15.5. The first-order chi connectivity index (χ1) is 23.7. The summed E-state index contributed by atoms with van der Waals surface area (Å²) in [4.78, 5) is 14.7. The molecule has 0 radical (unpaired) electrons. The lowest BCUT2D eigenvalue weighted by atomic mass is 9.74. The zero-order chi connectivity index (χ0) is 33.5. The average Bonchev–Trinajstić information content (AvgIpc) is 3.76. The van der Waals surface area contributed by atoms with Crippen LogP contribution in [0.1, 0.15) is 63.0 Å². The maximum atomic E-state index is 17.3. The Morgan fingerprint density at radius 2 is 1.86 bits per heavy atom. The van der Waals surface area contributed by atoms with Crippen LogP contribution < -0.4 is 15.0 Å². The van der Waals surface area contributed by atoms with Crippen molar-refractivity contribution in [2.75, 3.05) is 50.9 Å². The van der Waals surface area contributed by atoms with Crippen molar-refractivity contribution in [3.8, 4) is 22.9 Å². The highest BCUT2D eigenvalue weighted by Gasteiger charge is 2.52. The maximum absolute atomic E-state index is 17.3. The number of piperazine rings is 1. The van der Waals surface area contributed by atoms with Crippen molar-refractivity contribution in [3.05, 3.63) is 53.1 Å². The number of ether oxygens (including phenoxy) is 2. The quantitative estimate of drug-likeness (QED) is 0.216. The molecular weight excluding hydrogens is 624 g/mol. The fourth-order valence-corrected chi connectivity index (χ4v) is 9.17. The van der Waals surface area contributed by atoms with Crippen LogP contribution in [0, 0.1) is 24.0 Å². The molecule has 2 bridgehead atoms. The molecule has 3 aliphatic heterocycles. The molecule has 10 heteroatoms. The first-order valence-electron chi connectivity index (χ1n) is 18.2. The SMILES string of the molecule is CCc1c(F)ccc2cc(O)cc(-c3c(C)cc4c(N5CC6CCC(C5)N6)nc(OCC5(CN6CCOCC67CCC7)CC5)nc4c3F)c12. The van der Waals surface area contributed by atoms with Gasteiger partial charge in [-0.1, -0.05) is 13.0 Å². The Balaban J connectivity index is 1.13. The topological polar surface area (TPSA) is 83.0 Å². The predicted octanol–water partition coefficient (Wildman–Crippen LogP) is 6.66. The van der Waals surface area contributed by atoms with Gasteiger partial charge < -0.3 is 24.8 Å². The number of phenolic OH excluding ortho intramolecular Hbond substituents is 1. The summed E-state index contributed by atoms with van der Waals surface area (Å²) in [6.07, 6.45) is 8.45. The largest absolute Gasteiger partial charge is 0.508 e. The summed E-state index contributed by atoms with van der Waals surface area (Å²) in [6.45, 7) is 9.30. The normalized spacial score (nSPS) is 24.1. The van der Waals surface area contributed by atoms with Crippen LogP contribution in [-0.4, -0.2) is 83.6 Å². The van der Waals surface area contributed by atoms with Gasteiger partial charge in [-0.2, -0.15) is 9.97 Å². The van der Waals surface area contributed by atoms with E-state index in [9.17, 15) is 5.11 Å². The molecule has 4 aromatic rings. The van der Waals surface area contributed by atoms with Crippen molar-refractivity contribution < 1.29 is 23.4 Å². The van der Waals surface area contributed by atoms with Crippen molar-refractivity contribution in [2.45, 2.75) is 82.8 Å². The number of aromatic hydroxyl groups is 1. The van der Waals surface area contributed by atoms with E-state index in [1.54, 1.807) is 18.2 Å². The summed E-state index contributed by atoms with van der Waals surface area (Å²) >= 11 is 0. The molecule has 4 heterocycles. The number of hydrogen-bond acceptors (Lipinski definition) is 8. The van der Waals surface area contributed by atoms with E-state index in [4.69, 9.17) is 19.4 Å². The smallest absolute Gasteiger partial charge is 0.319 e. The average molecular weight is 670 g/mol. The number of aryl methyl sites for hydroxylation is 2. The molecule has 2 unspecified atom stereocenters. The fourth-order valence-electron chi connectivity index (χ4n) is 9.17. The summed E-state index contributed by atoms with van der Waals surface area (Å²) in [5, 5.41) is 16.4. The summed E-state index contributed by atoms with van der Waals surface area (Å²) in [5.41, 5.74) is 2.32. The Bertz CT molecular complexity index is 1950. The van der Waals surface area contributed by atoms with Gasteiger partial charge in [0.1, 0.15) is 22.9 Å². The van der Waals surface area contributed by atoms with E-state index in [0.29, 0.717) is 69.3 Å². The van der Waals surface area contributed by atoms with Crippen LogP contribution in [0.2, 0.25) is 0 Å². The van der Waals surface area contributed by atoms with Gasteiger partial charge in [0, 0.05) is 60.2 Å². The van der Waals surface area contributed by atoms with Gasteiger partial charge in [0.15, 0.2) is 5.82 Å². The second kappa shape index (κ2) is 11.7.